The van der Waals surface area contributed by atoms with Gasteiger partial charge in [0.2, 0.25) is 0 Å². The van der Waals surface area contributed by atoms with Crippen LogP contribution in [0.15, 0.2) is 48.7 Å². The number of carbonyl (C=O) groups excluding carboxylic acids is 1. The number of carbonyl (C=O) groups is 1. The van der Waals surface area contributed by atoms with Crippen molar-refractivity contribution in [2.45, 2.75) is 20.1 Å². The largest absolute Gasteiger partial charge is 0.486 e. The summed E-state index contributed by atoms with van der Waals surface area (Å²) in [4.78, 5) is 11.0. The van der Waals surface area contributed by atoms with E-state index in [-0.39, 0.29) is 12.2 Å². The highest BCUT2D eigenvalue weighted by Gasteiger charge is 2.08. The Morgan fingerprint density at radius 1 is 1.25 bits per heavy atom. The molecule has 0 saturated carbocycles. The topological polar surface area (TPSA) is 57.0 Å². The number of benzene rings is 2. The predicted octanol–water partition coefficient (Wildman–Crippen LogP) is 3.17. The summed E-state index contributed by atoms with van der Waals surface area (Å²) >= 11 is 0. The Hall–Kier alpha value is -3.02. The van der Waals surface area contributed by atoms with Gasteiger partial charge in [-0.2, -0.15) is 0 Å². The van der Waals surface area contributed by atoms with Crippen molar-refractivity contribution in [2.75, 3.05) is 0 Å². The van der Waals surface area contributed by atoms with Gasteiger partial charge in [0.05, 0.1) is 18.3 Å². The molecular formula is C18H16FN3O2. The normalized spacial score (nSPS) is 10.6. The van der Waals surface area contributed by atoms with Gasteiger partial charge in [0.25, 0.3) is 0 Å². The summed E-state index contributed by atoms with van der Waals surface area (Å²) in [5.41, 5.74) is 3.15. The van der Waals surface area contributed by atoms with Gasteiger partial charge in [0.1, 0.15) is 23.9 Å². The van der Waals surface area contributed by atoms with Gasteiger partial charge in [-0.3, -0.25) is 4.79 Å². The molecule has 0 N–H and O–H groups in total. The third kappa shape index (κ3) is 3.65. The van der Waals surface area contributed by atoms with Gasteiger partial charge in [-0.05, 0) is 36.2 Å². The van der Waals surface area contributed by atoms with Gasteiger partial charge in [0.15, 0.2) is 6.29 Å². The van der Waals surface area contributed by atoms with Crippen molar-refractivity contribution < 1.29 is 13.9 Å². The Balaban J connectivity index is 1.66. The number of aldehydes is 1. The highest BCUT2D eigenvalue weighted by atomic mass is 19.1. The molecule has 0 aliphatic heterocycles. The standard InChI is InChI=1S/C18H16FN3O2/c1-13-4-2-3-5-14(13)9-22-10-17(20-21-22)12-24-18-7-6-16(19)8-15(18)11-23/h2-8,10-11H,9,12H2,1H3. The van der Waals surface area contributed by atoms with E-state index in [1.54, 1.807) is 10.9 Å². The molecule has 6 heteroatoms. The summed E-state index contributed by atoms with van der Waals surface area (Å²) < 4.78 is 20.4. The van der Waals surface area contributed by atoms with Crippen LogP contribution in [0.2, 0.25) is 0 Å². The Kier molecular flexibility index (Phi) is 4.65. The highest BCUT2D eigenvalue weighted by molar-refractivity contribution is 5.79. The zero-order chi connectivity index (χ0) is 16.9. The van der Waals surface area contributed by atoms with Gasteiger partial charge in [-0.15, -0.1) is 5.10 Å². The molecule has 0 aliphatic rings. The zero-order valence-electron chi connectivity index (χ0n) is 13.1. The van der Waals surface area contributed by atoms with Crippen LogP contribution in [0.25, 0.3) is 0 Å². The quantitative estimate of drug-likeness (QED) is 0.653. The molecule has 0 fully saturated rings. The Morgan fingerprint density at radius 2 is 2.08 bits per heavy atom. The van der Waals surface area contributed by atoms with E-state index in [2.05, 4.69) is 10.3 Å². The first kappa shape index (κ1) is 15.9. The first-order valence-electron chi connectivity index (χ1n) is 7.47. The fourth-order valence-corrected chi connectivity index (χ4v) is 2.34. The summed E-state index contributed by atoms with van der Waals surface area (Å²) in [6.45, 7) is 2.82. The fourth-order valence-electron chi connectivity index (χ4n) is 2.34. The lowest BCUT2D eigenvalue weighted by Crippen LogP contribution is -2.02. The molecule has 3 rings (SSSR count). The number of ether oxygens (including phenoxy) is 1. The van der Waals surface area contributed by atoms with Crippen LogP contribution >= 0.6 is 0 Å². The smallest absolute Gasteiger partial charge is 0.153 e. The van der Waals surface area contributed by atoms with Crippen LogP contribution in [0.4, 0.5) is 4.39 Å². The third-order valence-electron chi connectivity index (χ3n) is 3.65. The molecule has 122 valence electrons. The van der Waals surface area contributed by atoms with Crippen LogP contribution in [0.1, 0.15) is 27.2 Å². The van der Waals surface area contributed by atoms with Crippen molar-refractivity contribution in [1.82, 2.24) is 15.0 Å². The van der Waals surface area contributed by atoms with Gasteiger partial charge in [-0.1, -0.05) is 29.5 Å². The van der Waals surface area contributed by atoms with Crippen LogP contribution in [-0.2, 0) is 13.2 Å². The number of halogens is 1. The number of hydrogen-bond donors (Lipinski definition) is 0. The third-order valence-corrected chi connectivity index (χ3v) is 3.65. The van der Waals surface area contributed by atoms with E-state index in [1.807, 2.05) is 31.2 Å². The molecule has 5 nitrogen and oxygen atoms in total. The summed E-state index contributed by atoms with van der Waals surface area (Å²) in [5, 5.41) is 8.13. The molecule has 0 atom stereocenters. The maximum absolute atomic E-state index is 13.1. The van der Waals surface area contributed by atoms with Crippen molar-refractivity contribution in [1.29, 1.82) is 0 Å². The highest BCUT2D eigenvalue weighted by Crippen LogP contribution is 2.19. The lowest BCUT2D eigenvalue weighted by Gasteiger charge is -2.06. The van der Waals surface area contributed by atoms with Crippen molar-refractivity contribution in [3.8, 4) is 5.75 Å². The van der Waals surface area contributed by atoms with E-state index < -0.39 is 5.82 Å². The van der Waals surface area contributed by atoms with Crippen LogP contribution in [-0.4, -0.2) is 21.3 Å². The first-order valence-corrected chi connectivity index (χ1v) is 7.47. The summed E-state index contributed by atoms with van der Waals surface area (Å²) in [6, 6.07) is 11.9. The number of nitrogens with zero attached hydrogens (tertiary/aromatic N) is 3. The molecule has 0 saturated heterocycles. The Labute approximate surface area is 138 Å². The maximum atomic E-state index is 13.1. The molecule has 0 unspecified atom stereocenters. The lowest BCUT2D eigenvalue weighted by molar-refractivity contribution is 0.111. The van der Waals surface area contributed by atoms with E-state index in [9.17, 15) is 9.18 Å². The molecule has 2 aromatic carbocycles. The molecule has 24 heavy (non-hydrogen) atoms. The molecule has 0 amide bonds. The van der Waals surface area contributed by atoms with E-state index >= 15 is 0 Å². The SMILES string of the molecule is Cc1ccccc1Cn1cc(COc2ccc(F)cc2C=O)nn1. The molecule has 0 spiro atoms. The Bertz CT molecular complexity index is 861. The second kappa shape index (κ2) is 7.04. The number of aryl methyl sites for hydroxylation is 1. The minimum atomic E-state index is -0.478. The van der Waals surface area contributed by atoms with Crippen LogP contribution in [0.3, 0.4) is 0 Å². The van der Waals surface area contributed by atoms with E-state index in [4.69, 9.17) is 4.74 Å². The average molecular weight is 325 g/mol. The molecule has 3 aromatic rings. The average Bonchev–Trinajstić information content (AvgIpc) is 3.03. The maximum Gasteiger partial charge on any atom is 0.153 e. The van der Waals surface area contributed by atoms with Crippen molar-refractivity contribution in [3.05, 3.63) is 76.9 Å². The van der Waals surface area contributed by atoms with Crippen LogP contribution < -0.4 is 4.74 Å². The molecule has 1 heterocycles. The minimum absolute atomic E-state index is 0.153. The second-order valence-corrected chi connectivity index (χ2v) is 5.42. The molecule has 0 aliphatic carbocycles. The number of aromatic nitrogens is 3. The monoisotopic (exact) mass is 325 g/mol. The van der Waals surface area contributed by atoms with Crippen molar-refractivity contribution in [3.63, 3.8) is 0 Å². The number of rotatable bonds is 6. The van der Waals surface area contributed by atoms with Gasteiger partial charge >= 0.3 is 0 Å². The summed E-state index contributed by atoms with van der Waals surface area (Å²) in [5.74, 6) is -0.159. The predicted molar refractivity (Wildman–Crippen MR) is 86.4 cm³/mol. The van der Waals surface area contributed by atoms with Crippen LogP contribution in [0, 0.1) is 12.7 Å². The van der Waals surface area contributed by atoms with Gasteiger partial charge in [0, 0.05) is 0 Å². The second-order valence-electron chi connectivity index (χ2n) is 5.42. The first-order chi connectivity index (χ1) is 11.7. The molecule has 0 radical (unpaired) electrons. The van der Waals surface area contributed by atoms with Gasteiger partial charge in [-0.25, -0.2) is 9.07 Å². The van der Waals surface area contributed by atoms with E-state index in [1.165, 1.54) is 17.7 Å². The van der Waals surface area contributed by atoms with Crippen molar-refractivity contribution >= 4 is 6.29 Å². The number of hydrogen-bond acceptors (Lipinski definition) is 4. The van der Waals surface area contributed by atoms with Gasteiger partial charge < -0.3 is 4.74 Å². The Morgan fingerprint density at radius 3 is 2.88 bits per heavy atom. The molecule has 0 bridgehead atoms. The lowest BCUT2D eigenvalue weighted by atomic mass is 10.1. The molecular weight excluding hydrogens is 309 g/mol. The van der Waals surface area contributed by atoms with Crippen molar-refractivity contribution in [2.24, 2.45) is 0 Å². The zero-order valence-corrected chi connectivity index (χ0v) is 13.1. The fraction of sp³-hybridized carbons (Fsp3) is 0.167. The van der Waals surface area contributed by atoms with E-state index in [0.717, 1.165) is 11.6 Å². The summed E-state index contributed by atoms with van der Waals surface area (Å²) in [7, 11) is 0. The van der Waals surface area contributed by atoms with E-state index in [0.29, 0.717) is 24.3 Å². The van der Waals surface area contributed by atoms with Crippen LogP contribution in [0.5, 0.6) is 5.75 Å². The molecule has 1 aromatic heterocycles. The summed E-state index contributed by atoms with van der Waals surface area (Å²) in [6.07, 6.45) is 2.35. The minimum Gasteiger partial charge on any atom is -0.486 e.